The molecular weight excluding hydrogens is 326 g/mol. The highest BCUT2D eigenvalue weighted by molar-refractivity contribution is 7.89. The number of hydrogen-bond donors (Lipinski definition) is 1. The summed E-state index contributed by atoms with van der Waals surface area (Å²) in [7, 11) is -3.76. The maximum absolute atomic E-state index is 12.9. The molecule has 1 aliphatic heterocycles. The topological polar surface area (TPSA) is 93.4 Å². The molecule has 126 valence electrons. The van der Waals surface area contributed by atoms with Gasteiger partial charge in [-0.2, -0.15) is 0 Å². The fourth-order valence-electron chi connectivity index (χ4n) is 3.01. The Bertz CT molecular complexity index is 820. The summed E-state index contributed by atoms with van der Waals surface area (Å²) in [4.78, 5) is 19.1. The predicted molar refractivity (Wildman–Crippen MR) is 89.7 cm³/mol. The van der Waals surface area contributed by atoms with Crippen molar-refractivity contribution in [2.75, 3.05) is 6.54 Å². The van der Waals surface area contributed by atoms with E-state index in [-0.39, 0.29) is 16.8 Å². The highest BCUT2D eigenvalue weighted by atomic mass is 32.2. The monoisotopic (exact) mass is 345 g/mol. The molecule has 1 unspecified atom stereocenters. The minimum atomic E-state index is -3.76. The van der Waals surface area contributed by atoms with Gasteiger partial charge in [0.2, 0.25) is 10.0 Å². The first-order valence-electron chi connectivity index (χ1n) is 7.81. The Kier molecular flexibility index (Phi) is 4.64. The van der Waals surface area contributed by atoms with E-state index in [1.54, 1.807) is 6.20 Å². The van der Waals surface area contributed by atoms with Crippen molar-refractivity contribution in [1.29, 1.82) is 0 Å². The van der Waals surface area contributed by atoms with Crippen molar-refractivity contribution in [2.45, 2.75) is 30.2 Å². The number of nitrogens with two attached hydrogens (primary N) is 1. The van der Waals surface area contributed by atoms with Crippen LogP contribution in [0.5, 0.6) is 0 Å². The van der Waals surface area contributed by atoms with Crippen molar-refractivity contribution >= 4 is 15.9 Å². The second kappa shape index (κ2) is 6.70. The summed E-state index contributed by atoms with van der Waals surface area (Å²) in [6.07, 6.45) is 4.60. The Morgan fingerprint density at radius 3 is 2.50 bits per heavy atom. The second-order valence-electron chi connectivity index (χ2n) is 5.83. The molecule has 0 spiro atoms. The SMILES string of the molecule is NS(=O)(=O)c1ccc(C(=O)N2CCCCC2c2ccccn2)cc1. The molecular formula is C17H19N3O3S. The second-order valence-corrected chi connectivity index (χ2v) is 7.40. The maximum atomic E-state index is 12.9. The molecule has 24 heavy (non-hydrogen) atoms. The van der Waals surface area contributed by atoms with E-state index in [2.05, 4.69) is 4.98 Å². The standard InChI is InChI=1S/C17H19N3O3S/c18-24(22,23)14-9-7-13(8-10-14)17(21)20-12-4-2-6-16(20)15-5-1-3-11-19-15/h1,3,5,7-11,16H,2,4,6,12H2,(H2,18,22,23). The number of sulfonamides is 1. The minimum absolute atomic E-state index is 0.000954. The van der Waals surface area contributed by atoms with Crippen LogP contribution in [-0.2, 0) is 10.0 Å². The quantitative estimate of drug-likeness (QED) is 0.922. The summed E-state index contributed by atoms with van der Waals surface area (Å²) in [5.41, 5.74) is 1.33. The van der Waals surface area contributed by atoms with Gasteiger partial charge >= 0.3 is 0 Å². The molecule has 0 aliphatic carbocycles. The molecule has 3 rings (SSSR count). The van der Waals surface area contributed by atoms with Gasteiger partial charge in [0.25, 0.3) is 5.91 Å². The zero-order valence-electron chi connectivity index (χ0n) is 13.1. The zero-order chi connectivity index (χ0) is 17.2. The molecule has 1 saturated heterocycles. The average Bonchev–Trinajstić information content (AvgIpc) is 2.61. The van der Waals surface area contributed by atoms with Crippen molar-refractivity contribution in [3.05, 3.63) is 59.9 Å². The van der Waals surface area contributed by atoms with Crippen LogP contribution in [-0.4, -0.2) is 30.8 Å². The number of rotatable bonds is 3. The maximum Gasteiger partial charge on any atom is 0.254 e. The molecule has 0 bridgehead atoms. The van der Waals surface area contributed by atoms with Crippen LogP contribution in [0.4, 0.5) is 0 Å². The zero-order valence-corrected chi connectivity index (χ0v) is 13.9. The summed E-state index contributed by atoms with van der Waals surface area (Å²) in [6, 6.07) is 11.4. The number of benzene rings is 1. The highest BCUT2D eigenvalue weighted by Gasteiger charge is 2.29. The van der Waals surface area contributed by atoms with Gasteiger partial charge < -0.3 is 4.90 Å². The van der Waals surface area contributed by atoms with Crippen molar-refractivity contribution < 1.29 is 13.2 Å². The van der Waals surface area contributed by atoms with E-state index in [1.807, 2.05) is 23.1 Å². The van der Waals surface area contributed by atoms with Gasteiger partial charge in [-0.15, -0.1) is 0 Å². The molecule has 1 fully saturated rings. The number of hydrogen-bond acceptors (Lipinski definition) is 4. The highest BCUT2D eigenvalue weighted by Crippen LogP contribution is 2.31. The number of primary sulfonamides is 1. The number of aromatic nitrogens is 1. The Morgan fingerprint density at radius 1 is 1.12 bits per heavy atom. The largest absolute Gasteiger partial charge is 0.330 e. The van der Waals surface area contributed by atoms with Crippen LogP contribution in [0, 0.1) is 0 Å². The normalized spacial score (nSPS) is 18.4. The molecule has 2 heterocycles. The van der Waals surface area contributed by atoms with Crippen molar-refractivity contribution in [1.82, 2.24) is 9.88 Å². The van der Waals surface area contributed by atoms with Gasteiger partial charge in [-0.3, -0.25) is 9.78 Å². The number of piperidine rings is 1. The molecule has 7 heteroatoms. The number of likely N-dealkylation sites (tertiary alicyclic amines) is 1. The van der Waals surface area contributed by atoms with Crippen LogP contribution in [0.3, 0.4) is 0 Å². The summed E-state index contributed by atoms with van der Waals surface area (Å²) in [5.74, 6) is -0.119. The molecule has 2 N–H and O–H groups in total. The number of amides is 1. The molecule has 0 saturated carbocycles. The molecule has 6 nitrogen and oxygen atoms in total. The molecule has 1 aliphatic rings. The van der Waals surface area contributed by atoms with E-state index >= 15 is 0 Å². The van der Waals surface area contributed by atoms with Crippen molar-refractivity contribution in [3.8, 4) is 0 Å². The third-order valence-electron chi connectivity index (χ3n) is 4.22. The fraction of sp³-hybridized carbons (Fsp3) is 0.294. The molecule has 0 radical (unpaired) electrons. The van der Waals surface area contributed by atoms with Crippen molar-refractivity contribution in [2.24, 2.45) is 5.14 Å². The predicted octanol–water partition coefficient (Wildman–Crippen LogP) is 2.10. The first kappa shape index (κ1) is 16.6. The van der Waals surface area contributed by atoms with Crippen molar-refractivity contribution in [3.63, 3.8) is 0 Å². The lowest BCUT2D eigenvalue weighted by atomic mass is 9.97. The van der Waals surface area contributed by atoms with Crippen LogP contribution < -0.4 is 5.14 Å². The number of pyridine rings is 1. The summed E-state index contributed by atoms with van der Waals surface area (Å²) in [5, 5.41) is 5.09. The van der Waals surface area contributed by atoms with E-state index < -0.39 is 10.0 Å². The Hall–Kier alpha value is -2.25. The Morgan fingerprint density at radius 2 is 1.88 bits per heavy atom. The lowest BCUT2D eigenvalue weighted by molar-refractivity contribution is 0.0606. The van der Waals surface area contributed by atoms with Gasteiger partial charge in [-0.25, -0.2) is 13.6 Å². The van der Waals surface area contributed by atoms with Gasteiger partial charge in [0, 0.05) is 18.3 Å². The van der Waals surface area contributed by atoms with E-state index in [9.17, 15) is 13.2 Å². The first-order chi connectivity index (χ1) is 11.5. The van der Waals surface area contributed by atoms with Gasteiger partial charge in [-0.05, 0) is 55.7 Å². The summed E-state index contributed by atoms with van der Waals surface area (Å²) < 4.78 is 22.7. The van der Waals surface area contributed by atoms with Crippen LogP contribution in [0.25, 0.3) is 0 Å². The molecule has 1 aromatic heterocycles. The third-order valence-corrected chi connectivity index (χ3v) is 5.15. The smallest absolute Gasteiger partial charge is 0.254 e. The molecule has 2 aromatic rings. The average molecular weight is 345 g/mol. The van der Waals surface area contributed by atoms with E-state index in [4.69, 9.17) is 5.14 Å². The van der Waals surface area contributed by atoms with E-state index in [0.717, 1.165) is 25.0 Å². The fourth-order valence-corrected chi connectivity index (χ4v) is 3.52. The van der Waals surface area contributed by atoms with E-state index in [1.165, 1.54) is 24.3 Å². The summed E-state index contributed by atoms with van der Waals surface area (Å²) in [6.45, 7) is 0.664. The van der Waals surface area contributed by atoms with Crippen LogP contribution in [0.15, 0.2) is 53.6 Å². The van der Waals surface area contributed by atoms with Gasteiger partial charge in [-0.1, -0.05) is 6.07 Å². The number of carbonyl (C=O) groups excluding carboxylic acids is 1. The van der Waals surface area contributed by atoms with Crippen LogP contribution in [0.2, 0.25) is 0 Å². The van der Waals surface area contributed by atoms with E-state index in [0.29, 0.717) is 12.1 Å². The molecule has 1 aromatic carbocycles. The molecule has 1 amide bonds. The van der Waals surface area contributed by atoms with Crippen LogP contribution >= 0.6 is 0 Å². The number of nitrogens with zero attached hydrogens (tertiary/aromatic N) is 2. The number of carbonyl (C=O) groups is 1. The lowest BCUT2D eigenvalue weighted by Crippen LogP contribution is -2.38. The Balaban J connectivity index is 1.87. The van der Waals surface area contributed by atoms with Crippen LogP contribution in [0.1, 0.15) is 41.4 Å². The third kappa shape index (κ3) is 3.47. The lowest BCUT2D eigenvalue weighted by Gasteiger charge is -2.35. The minimum Gasteiger partial charge on any atom is -0.330 e. The van der Waals surface area contributed by atoms with Gasteiger partial charge in [0.05, 0.1) is 16.6 Å². The Labute approximate surface area is 141 Å². The molecule has 1 atom stereocenters. The summed E-state index contributed by atoms with van der Waals surface area (Å²) >= 11 is 0. The first-order valence-corrected chi connectivity index (χ1v) is 9.36. The van der Waals surface area contributed by atoms with Gasteiger partial charge in [0.1, 0.15) is 0 Å². The van der Waals surface area contributed by atoms with Gasteiger partial charge in [0.15, 0.2) is 0 Å².